The van der Waals surface area contributed by atoms with Crippen LogP contribution in [-0.2, 0) is 20.7 Å². The number of aryl methyl sites for hydroxylation is 2. The smallest absolute Gasteiger partial charge is 0.340 e. The first-order valence-electron chi connectivity index (χ1n) is 9.69. The van der Waals surface area contributed by atoms with Gasteiger partial charge in [0.1, 0.15) is 5.41 Å². The van der Waals surface area contributed by atoms with Crippen LogP contribution in [0.3, 0.4) is 0 Å². The molecule has 2 aromatic carbocycles. The Morgan fingerprint density at radius 1 is 0.931 bits per heavy atom. The van der Waals surface area contributed by atoms with Crippen molar-refractivity contribution in [2.24, 2.45) is 5.41 Å². The molecular formula is C23H28N2O4. The van der Waals surface area contributed by atoms with Crippen molar-refractivity contribution in [3.8, 4) is 0 Å². The van der Waals surface area contributed by atoms with E-state index in [0.29, 0.717) is 5.69 Å². The summed E-state index contributed by atoms with van der Waals surface area (Å²) in [4.78, 5) is 38.0. The number of amides is 2. The lowest BCUT2D eigenvalue weighted by Crippen LogP contribution is -2.42. The van der Waals surface area contributed by atoms with Crippen LogP contribution in [0.15, 0.2) is 42.5 Å². The van der Waals surface area contributed by atoms with E-state index in [2.05, 4.69) is 10.6 Å². The van der Waals surface area contributed by atoms with Gasteiger partial charge in [-0.05, 0) is 57.4 Å². The van der Waals surface area contributed by atoms with Crippen molar-refractivity contribution in [3.63, 3.8) is 0 Å². The van der Waals surface area contributed by atoms with Crippen molar-refractivity contribution in [3.05, 3.63) is 59.2 Å². The number of esters is 1. The normalized spacial score (nSPS) is 10.9. The van der Waals surface area contributed by atoms with Gasteiger partial charge in [-0.25, -0.2) is 4.79 Å². The summed E-state index contributed by atoms with van der Waals surface area (Å²) in [6.45, 7) is 8.96. The third-order valence-corrected chi connectivity index (χ3v) is 4.78. The summed E-state index contributed by atoms with van der Waals surface area (Å²) in [6, 6.07) is 12.4. The highest BCUT2D eigenvalue weighted by Crippen LogP contribution is 2.27. The summed E-state index contributed by atoms with van der Waals surface area (Å²) < 4.78 is 5.03. The molecule has 0 aliphatic rings. The van der Waals surface area contributed by atoms with Crippen LogP contribution in [0.5, 0.6) is 0 Å². The topological polar surface area (TPSA) is 84.5 Å². The molecule has 0 bridgehead atoms. The average molecular weight is 396 g/mol. The SMILES string of the molecule is CCOC(=O)c1ccccc1NC(=O)C(C)(C)C(=O)Nc1c(C)cccc1CC. The molecule has 2 N–H and O–H groups in total. The van der Waals surface area contributed by atoms with E-state index in [0.717, 1.165) is 23.2 Å². The van der Waals surface area contributed by atoms with Crippen LogP contribution in [-0.4, -0.2) is 24.4 Å². The second-order valence-electron chi connectivity index (χ2n) is 7.26. The molecule has 0 saturated carbocycles. The first kappa shape index (κ1) is 22.1. The Balaban J connectivity index is 2.23. The third-order valence-electron chi connectivity index (χ3n) is 4.78. The fourth-order valence-corrected chi connectivity index (χ4v) is 2.83. The van der Waals surface area contributed by atoms with Crippen molar-refractivity contribution in [2.45, 2.75) is 41.0 Å². The van der Waals surface area contributed by atoms with Gasteiger partial charge in [0.15, 0.2) is 0 Å². The summed E-state index contributed by atoms with van der Waals surface area (Å²) in [5, 5.41) is 5.60. The monoisotopic (exact) mass is 396 g/mol. The van der Waals surface area contributed by atoms with Crippen molar-refractivity contribution in [2.75, 3.05) is 17.2 Å². The Bertz CT molecular complexity index is 919. The molecule has 0 atom stereocenters. The molecule has 0 aliphatic heterocycles. The molecule has 0 unspecified atom stereocenters. The summed E-state index contributed by atoms with van der Waals surface area (Å²) in [7, 11) is 0. The number of hydrogen-bond donors (Lipinski definition) is 2. The zero-order chi connectivity index (χ0) is 21.6. The van der Waals surface area contributed by atoms with Gasteiger partial charge in [0.25, 0.3) is 0 Å². The van der Waals surface area contributed by atoms with Gasteiger partial charge in [0.05, 0.1) is 17.9 Å². The van der Waals surface area contributed by atoms with Crippen LogP contribution < -0.4 is 10.6 Å². The quantitative estimate of drug-likeness (QED) is 0.539. The molecule has 0 heterocycles. The molecular weight excluding hydrogens is 368 g/mol. The Labute approximate surface area is 171 Å². The number of nitrogens with one attached hydrogen (secondary N) is 2. The lowest BCUT2D eigenvalue weighted by Gasteiger charge is -2.24. The molecule has 0 fully saturated rings. The van der Waals surface area contributed by atoms with E-state index in [1.54, 1.807) is 45.0 Å². The molecule has 0 radical (unpaired) electrons. The molecule has 154 valence electrons. The van der Waals surface area contributed by atoms with Crippen LogP contribution >= 0.6 is 0 Å². The van der Waals surface area contributed by atoms with Crippen molar-refractivity contribution >= 4 is 29.2 Å². The predicted molar refractivity (Wildman–Crippen MR) is 114 cm³/mol. The molecule has 0 aromatic heterocycles. The minimum Gasteiger partial charge on any atom is -0.462 e. The molecule has 0 aliphatic carbocycles. The first-order chi connectivity index (χ1) is 13.7. The number of benzene rings is 2. The summed E-state index contributed by atoms with van der Waals surface area (Å²) >= 11 is 0. The minimum absolute atomic E-state index is 0.227. The van der Waals surface area contributed by atoms with Crippen molar-refractivity contribution in [1.29, 1.82) is 0 Å². The van der Waals surface area contributed by atoms with Crippen molar-refractivity contribution < 1.29 is 19.1 Å². The lowest BCUT2D eigenvalue weighted by atomic mass is 9.90. The Morgan fingerprint density at radius 3 is 2.24 bits per heavy atom. The van der Waals surface area contributed by atoms with E-state index < -0.39 is 23.2 Å². The van der Waals surface area contributed by atoms with E-state index in [9.17, 15) is 14.4 Å². The third kappa shape index (κ3) is 5.02. The van der Waals surface area contributed by atoms with Gasteiger partial charge in [-0.3, -0.25) is 9.59 Å². The Hall–Kier alpha value is -3.15. The highest BCUT2D eigenvalue weighted by Gasteiger charge is 2.37. The molecule has 0 saturated heterocycles. The van der Waals surface area contributed by atoms with Crippen LogP contribution in [0.1, 0.15) is 49.2 Å². The van der Waals surface area contributed by atoms with E-state index in [1.807, 2.05) is 32.0 Å². The zero-order valence-electron chi connectivity index (χ0n) is 17.6. The van der Waals surface area contributed by atoms with E-state index in [-0.39, 0.29) is 12.2 Å². The number of carbonyl (C=O) groups is 3. The number of hydrogen-bond acceptors (Lipinski definition) is 4. The largest absolute Gasteiger partial charge is 0.462 e. The minimum atomic E-state index is -1.37. The first-order valence-corrected chi connectivity index (χ1v) is 9.69. The van der Waals surface area contributed by atoms with Gasteiger partial charge >= 0.3 is 5.97 Å². The molecule has 29 heavy (non-hydrogen) atoms. The fourth-order valence-electron chi connectivity index (χ4n) is 2.83. The highest BCUT2D eigenvalue weighted by atomic mass is 16.5. The summed E-state index contributed by atoms with van der Waals surface area (Å²) in [5.74, 6) is -1.47. The van der Waals surface area contributed by atoms with Gasteiger partial charge in [0, 0.05) is 5.69 Å². The summed E-state index contributed by atoms with van der Waals surface area (Å²) in [6.07, 6.45) is 0.761. The average Bonchev–Trinajstić information content (AvgIpc) is 2.69. The highest BCUT2D eigenvalue weighted by molar-refractivity contribution is 6.15. The number of ether oxygens (including phenoxy) is 1. The molecule has 2 rings (SSSR count). The molecule has 2 aromatic rings. The number of para-hydroxylation sites is 2. The van der Waals surface area contributed by atoms with Gasteiger partial charge in [-0.15, -0.1) is 0 Å². The number of rotatable bonds is 7. The predicted octanol–water partition coefficient (Wildman–Crippen LogP) is 4.34. The van der Waals surface area contributed by atoms with Gasteiger partial charge < -0.3 is 15.4 Å². The molecule has 6 heteroatoms. The maximum atomic E-state index is 12.9. The van der Waals surface area contributed by atoms with Crippen LogP contribution in [0.25, 0.3) is 0 Å². The summed E-state index contributed by atoms with van der Waals surface area (Å²) in [5.41, 5.74) is 1.85. The second-order valence-corrected chi connectivity index (χ2v) is 7.26. The van der Waals surface area contributed by atoms with Crippen molar-refractivity contribution in [1.82, 2.24) is 0 Å². The Kier molecular flexibility index (Phi) is 7.15. The van der Waals surface area contributed by atoms with Gasteiger partial charge in [-0.1, -0.05) is 37.3 Å². The maximum Gasteiger partial charge on any atom is 0.340 e. The van der Waals surface area contributed by atoms with Gasteiger partial charge in [-0.2, -0.15) is 0 Å². The maximum absolute atomic E-state index is 12.9. The lowest BCUT2D eigenvalue weighted by molar-refractivity contribution is -0.135. The molecule has 0 spiro atoms. The fraction of sp³-hybridized carbons (Fsp3) is 0.348. The van der Waals surface area contributed by atoms with Gasteiger partial charge in [0.2, 0.25) is 11.8 Å². The zero-order valence-corrected chi connectivity index (χ0v) is 17.6. The van der Waals surface area contributed by atoms with E-state index in [4.69, 9.17) is 4.74 Å². The number of anilines is 2. The standard InChI is InChI=1S/C23H28N2O4/c1-6-16-12-10-11-15(3)19(16)25-22(28)23(4,5)21(27)24-18-14-9-8-13-17(18)20(26)29-7-2/h8-14H,6-7H2,1-5H3,(H,24,27)(H,25,28). The van der Waals surface area contributed by atoms with Crippen LogP contribution in [0, 0.1) is 12.3 Å². The molecule has 2 amide bonds. The Morgan fingerprint density at radius 2 is 1.59 bits per heavy atom. The second kappa shape index (κ2) is 9.37. The van der Waals surface area contributed by atoms with E-state index >= 15 is 0 Å². The van der Waals surface area contributed by atoms with E-state index in [1.165, 1.54) is 0 Å². The van der Waals surface area contributed by atoms with Crippen LogP contribution in [0.4, 0.5) is 11.4 Å². The molecule has 6 nitrogen and oxygen atoms in total. The van der Waals surface area contributed by atoms with Crippen LogP contribution in [0.2, 0.25) is 0 Å². The number of carbonyl (C=O) groups excluding carboxylic acids is 3.